The molecule has 4 rings (SSSR count). The van der Waals surface area contributed by atoms with Crippen LogP contribution < -0.4 is 24.4 Å². The van der Waals surface area contributed by atoms with Gasteiger partial charge in [0.05, 0.1) is 45.4 Å². The van der Waals surface area contributed by atoms with Gasteiger partial charge in [0.25, 0.3) is 5.91 Å². The molecule has 9 nitrogen and oxygen atoms in total. The number of benzene rings is 2. The van der Waals surface area contributed by atoms with Gasteiger partial charge in [-0.25, -0.2) is 0 Å². The molecule has 0 spiro atoms. The van der Waals surface area contributed by atoms with E-state index in [1.807, 2.05) is 0 Å². The number of rotatable bonds is 10. The summed E-state index contributed by atoms with van der Waals surface area (Å²) >= 11 is 0. The molecule has 1 aromatic heterocycles. The summed E-state index contributed by atoms with van der Waals surface area (Å²) in [6.07, 6.45) is 0. The number of likely N-dealkylation sites (N-methyl/N-ethyl adjacent to an activating group) is 1. The summed E-state index contributed by atoms with van der Waals surface area (Å²) < 4.78 is 28.1. The summed E-state index contributed by atoms with van der Waals surface area (Å²) in [5, 5.41) is 0.373. The van der Waals surface area contributed by atoms with Gasteiger partial charge in [-0.3, -0.25) is 9.59 Å². The number of methoxy groups -OCH3 is 4. The van der Waals surface area contributed by atoms with E-state index in [9.17, 15) is 9.59 Å². The third-order valence-electron chi connectivity index (χ3n) is 6.76. The Morgan fingerprint density at radius 3 is 2.25 bits per heavy atom. The highest BCUT2D eigenvalue weighted by molar-refractivity contribution is 5.99. The van der Waals surface area contributed by atoms with E-state index in [0.717, 1.165) is 13.1 Å². The zero-order valence-corrected chi connectivity index (χ0v) is 21.5. The standard InChI is InChI=1S/C27H32N2O7/c1-7-28(8-2)13-14-29-22(18-11-12-19(33-4)25(35-6)24(18)34-5)21-23(30)17-10-9-16(32-3)15-20(17)36-26(21)27(29)31/h9-12,15,22H,7-8,13-14H2,1-6H3. The Balaban J connectivity index is 1.96. The molecule has 0 saturated carbocycles. The monoisotopic (exact) mass is 496 g/mol. The highest BCUT2D eigenvalue weighted by atomic mass is 16.5. The predicted molar refractivity (Wildman–Crippen MR) is 136 cm³/mol. The fourth-order valence-electron chi connectivity index (χ4n) is 4.81. The zero-order valence-electron chi connectivity index (χ0n) is 21.5. The van der Waals surface area contributed by atoms with Gasteiger partial charge in [0.15, 0.2) is 16.9 Å². The molecule has 1 unspecified atom stereocenters. The van der Waals surface area contributed by atoms with Crippen molar-refractivity contribution in [2.24, 2.45) is 0 Å². The summed E-state index contributed by atoms with van der Waals surface area (Å²) in [5.74, 6) is 1.48. The molecule has 1 amide bonds. The van der Waals surface area contributed by atoms with Gasteiger partial charge in [-0.1, -0.05) is 13.8 Å². The largest absolute Gasteiger partial charge is 0.497 e. The third-order valence-corrected chi connectivity index (χ3v) is 6.76. The van der Waals surface area contributed by atoms with Crippen LogP contribution in [0.3, 0.4) is 0 Å². The molecule has 3 aromatic rings. The van der Waals surface area contributed by atoms with E-state index in [4.69, 9.17) is 23.4 Å². The summed E-state index contributed by atoms with van der Waals surface area (Å²) in [6, 6.07) is 7.80. The summed E-state index contributed by atoms with van der Waals surface area (Å²) in [4.78, 5) is 31.5. The molecule has 0 N–H and O–H groups in total. The van der Waals surface area contributed by atoms with E-state index < -0.39 is 6.04 Å². The maximum absolute atomic E-state index is 13.8. The maximum Gasteiger partial charge on any atom is 0.290 e. The molecular weight excluding hydrogens is 464 g/mol. The van der Waals surface area contributed by atoms with E-state index >= 15 is 0 Å². The Kier molecular flexibility index (Phi) is 7.40. The van der Waals surface area contributed by atoms with Crippen LogP contribution in [0.5, 0.6) is 23.0 Å². The van der Waals surface area contributed by atoms with Gasteiger partial charge in [0.2, 0.25) is 11.5 Å². The molecule has 1 aliphatic heterocycles. The SMILES string of the molecule is CCN(CC)CCN1C(=O)c2oc3cc(OC)ccc3c(=O)c2C1c1ccc(OC)c(OC)c1OC. The van der Waals surface area contributed by atoms with Crippen LogP contribution in [0.4, 0.5) is 0 Å². The van der Waals surface area contributed by atoms with Crippen molar-refractivity contribution < 1.29 is 28.2 Å². The minimum absolute atomic E-state index is 0.0298. The molecule has 2 aromatic carbocycles. The van der Waals surface area contributed by atoms with Gasteiger partial charge < -0.3 is 33.2 Å². The van der Waals surface area contributed by atoms with Crippen molar-refractivity contribution in [3.63, 3.8) is 0 Å². The number of amides is 1. The minimum atomic E-state index is -0.722. The summed E-state index contributed by atoms with van der Waals surface area (Å²) in [7, 11) is 6.11. The van der Waals surface area contributed by atoms with Crippen LogP contribution in [0.2, 0.25) is 0 Å². The smallest absolute Gasteiger partial charge is 0.290 e. The predicted octanol–water partition coefficient (Wildman–Crippen LogP) is 3.71. The summed E-state index contributed by atoms with van der Waals surface area (Å²) in [5.41, 5.74) is 0.925. The quantitative estimate of drug-likeness (QED) is 0.420. The van der Waals surface area contributed by atoms with Gasteiger partial charge >= 0.3 is 0 Å². The van der Waals surface area contributed by atoms with E-state index in [1.54, 1.807) is 35.2 Å². The molecular formula is C27H32N2O7. The fraction of sp³-hybridized carbons (Fsp3) is 0.407. The lowest BCUT2D eigenvalue weighted by Gasteiger charge is -2.29. The van der Waals surface area contributed by atoms with Crippen molar-refractivity contribution >= 4 is 16.9 Å². The number of ether oxygens (including phenoxy) is 4. The molecule has 36 heavy (non-hydrogen) atoms. The van der Waals surface area contributed by atoms with Gasteiger partial charge in [-0.05, 0) is 37.4 Å². The minimum Gasteiger partial charge on any atom is -0.497 e. The van der Waals surface area contributed by atoms with Crippen LogP contribution in [-0.2, 0) is 0 Å². The van der Waals surface area contributed by atoms with E-state index in [1.165, 1.54) is 28.4 Å². The van der Waals surface area contributed by atoms with Gasteiger partial charge in [0.1, 0.15) is 11.3 Å². The Bertz CT molecular complexity index is 1330. The maximum atomic E-state index is 13.8. The lowest BCUT2D eigenvalue weighted by atomic mass is 9.97. The molecule has 0 bridgehead atoms. The highest BCUT2D eigenvalue weighted by Crippen LogP contribution is 2.47. The van der Waals surface area contributed by atoms with Crippen molar-refractivity contribution in [2.75, 3.05) is 54.6 Å². The first kappa shape index (κ1) is 25.4. The first-order valence-electron chi connectivity index (χ1n) is 11.9. The molecule has 0 aliphatic carbocycles. The number of nitrogens with zero attached hydrogens (tertiary/aromatic N) is 2. The van der Waals surface area contributed by atoms with Crippen LogP contribution >= 0.6 is 0 Å². The van der Waals surface area contributed by atoms with Crippen LogP contribution in [-0.4, -0.2) is 70.3 Å². The van der Waals surface area contributed by atoms with Crippen molar-refractivity contribution in [1.82, 2.24) is 9.80 Å². The lowest BCUT2D eigenvalue weighted by Crippen LogP contribution is -2.38. The van der Waals surface area contributed by atoms with Gasteiger partial charge in [0, 0.05) is 24.7 Å². The second kappa shape index (κ2) is 10.5. The van der Waals surface area contributed by atoms with Crippen LogP contribution in [0.25, 0.3) is 11.0 Å². The van der Waals surface area contributed by atoms with Crippen LogP contribution in [0.1, 0.15) is 41.6 Å². The van der Waals surface area contributed by atoms with Crippen LogP contribution in [0.15, 0.2) is 39.5 Å². The molecule has 1 aliphatic rings. The second-order valence-corrected chi connectivity index (χ2v) is 8.39. The van der Waals surface area contributed by atoms with E-state index in [-0.39, 0.29) is 22.7 Å². The van der Waals surface area contributed by atoms with E-state index in [2.05, 4.69) is 18.7 Å². The normalized spacial score (nSPS) is 14.9. The number of carbonyl (C=O) groups excluding carboxylic acids is 1. The highest BCUT2D eigenvalue weighted by Gasteiger charge is 2.44. The Hall–Kier alpha value is -3.72. The van der Waals surface area contributed by atoms with Crippen molar-refractivity contribution in [3.05, 3.63) is 57.4 Å². The Labute approximate surface area is 210 Å². The fourth-order valence-corrected chi connectivity index (χ4v) is 4.81. The van der Waals surface area contributed by atoms with Crippen LogP contribution in [0, 0.1) is 0 Å². The van der Waals surface area contributed by atoms with Crippen molar-refractivity contribution in [3.8, 4) is 23.0 Å². The Morgan fingerprint density at radius 1 is 0.917 bits per heavy atom. The molecule has 0 fully saturated rings. The molecule has 192 valence electrons. The molecule has 9 heteroatoms. The first-order chi connectivity index (χ1) is 17.4. The second-order valence-electron chi connectivity index (χ2n) is 8.39. The Morgan fingerprint density at radius 2 is 1.64 bits per heavy atom. The van der Waals surface area contributed by atoms with Crippen molar-refractivity contribution in [1.29, 1.82) is 0 Å². The first-order valence-corrected chi connectivity index (χ1v) is 11.9. The van der Waals surface area contributed by atoms with Crippen molar-refractivity contribution in [2.45, 2.75) is 19.9 Å². The molecule has 0 saturated heterocycles. The number of hydrogen-bond donors (Lipinski definition) is 0. The molecule has 0 radical (unpaired) electrons. The summed E-state index contributed by atoms with van der Waals surface area (Å²) in [6.45, 7) is 6.87. The topological polar surface area (TPSA) is 90.7 Å². The average molecular weight is 497 g/mol. The average Bonchev–Trinajstić information content (AvgIpc) is 3.19. The zero-order chi connectivity index (χ0) is 26.0. The van der Waals surface area contributed by atoms with Gasteiger partial charge in [-0.2, -0.15) is 0 Å². The molecule has 2 heterocycles. The number of carbonyl (C=O) groups is 1. The lowest BCUT2D eigenvalue weighted by molar-refractivity contribution is 0.0706. The number of fused-ring (bicyclic) bond motifs is 2. The molecule has 1 atom stereocenters. The third kappa shape index (κ3) is 4.13. The van der Waals surface area contributed by atoms with Gasteiger partial charge in [-0.15, -0.1) is 0 Å². The van der Waals surface area contributed by atoms with E-state index in [0.29, 0.717) is 52.6 Å². The number of hydrogen-bond acceptors (Lipinski definition) is 8.